The number of nitrogens with zero attached hydrogens (tertiary/aromatic N) is 1. The maximum Gasteiger partial charge on any atom is 0.226 e. The SMILES string of the molecule is CC(C)(C)c1nc(CC(=O)NCc2ccc(CCN)cc2)cs1. The van der Waals surface area contributed by atoms with Gasteiger partial charge in [-0.3, -0.25) is 4.79 Å². The molecule has 0 radical (unpaired) electrons. The van der Waals surface area contributed by atoms with Gasteiger partial charge < -0.3 is 11.1 Å². The molecular weight excluding hydrogens is 306 g/mol. The van der Waals surface area contributed by atoms with E-state index in [1.54, 1.807) is 11.3 Å². The van der Waals surface area contributed by atoms with E-state index in [1.807, 2.05) is 17.5 Å². The fourth-order valence-electron chi connectivity index (χ4n) is 2.15. The van der Waals surface area contributed by atoms with Crippen LogP contribution in [0.3, 0.4) is 0 Å². The van der Waals surface area contributed by atoms with Crippen LogP contribution >= 0.6 is 11.3 Å². The van der Waals surface area contributed by atoms with Crippen molar-refractivity contribution in [1.82, 2.24) is 10.3 Å². The monoisotopic (exact) mass is 331 g/mol. The van der Waals surface area contributed by atoms with E-state index < -0.39 is 0 Å². The smallest absolute Gasteiger partial charge is 0.226 e. The summed E-state index contributed by atoms with van der Waals surface area (Å²) in [6.45, 7) is 7.58. The number of rotatable bonds is 6. The fraction of sp³-hybridized carbons (Fsp3) is 0.444. The minimum atomic E-state index is 0.00166. The van der Waals surface area contributed by atoms with Crippen LogP contribution in [0.15, 0.2) is 29.6 Å². The topological polar surface area (TPSA) is 68.0 Å². The van der Waals surface area contributed by atoms with Gasteiger partial charge >= 0.3 is 0 Å². The van der Waals surface area contributed by atoms with Gasteiger partial charge in [-0.25, -0.2) is 4.98 Å². The van der Waals surface area contributed by atoms with E-state index in [2.05, 4.69) is 43.2 Å². The normalized spacial score (nSPS) is 11.5. The molecule has 0 spiro atoms. The molecule has 0 aliphatic carbocycles. The first-order chi connectivity index (χ1) is 10.9. The molecule has 2 aromatic rings. The number of carbonyl (C=O) groups is 1. The second kappa shape index (κ2) is 7.70. The molecule has 124 valence electrons. The molecule has 4 nitrogen and oxygen atoms in total. The van der Waals surface area contributed by atoms with Gasteiger partial charge in [0.2, 0.25) is 5.91 Å². The van der Waals surface area contributed by atoms with Gasteiger partial charge in [0.1, 0.15) is 0 Å². The summed E-state index contributed by atoms with van der Waals surface area (Å²) in [6.07, 6.45) is 1.21. The minimum absolute atomic E-state index is 0.00166. The van der Waals surface area contributed by atoms with E-state index in [0.717, 1.165) is 22.7 Å². The molecule has 0 saturated carbocycles. The molecule has 0 aliphatic rings. The van der Waals surface area contributed by atoms with Gasteiger partial charge in [-0.1, -0.05) is 45.0 Å². The van der Waals surface area contributed by atoms with Crippen LogP contribution in [-0.2, 0) is 29.6 Å². The van der Waals surface area contributed by atoms with Crippen LogP contribution < -0.4 is 11.1 Å². The summed E-state index contributed by atoms with van der Waals surface area (Å²) in [4.78, 5) is 16.6. The number of nitrogens with two attached hydrogens (primary N) is 1. The lowest BCUT2D eigenvalue weighted by Gasteiger charge is -2.13. The first-order valence-corrected chi connectivity index (χ1v) is 8.76. The molecule has 5 heteroatoms. The van der Waals surface area contributed by atoms with Crippen molar-refractivity contribution in [3.05, 3.63) is 51.5 Å². The van der Waals surface area contributed by atoms with Gasteiger partial charge in [0.15, 0.2) is 0 Å². The maximum atomic E-state index is 12.1. The third-order valence-electron chi connectivity index (χ3n) is 3.48. The van der Waals surface area contributed by atoms with Crippen molar-refractivity contribution in [1.29, 1.82) is 0 Å². The molecule has 1 heterocycles. The Balaban J connectivity index is 1.84. The number of benzene rings is 1. The van der Waals surface area contributed by atoms with Crippen LogP contribution in [0.4, 0.5) is 0 Å². The lowest BCUT2D eigenvalue weighted by Crippen LogP contribution is -2.24. The molecule has 0 bridgehead atoms. The fourth-order valence-corrected chi connectivity index (χ4v) is 3.06. The van der Waals surface area contributed by atoms with Gasteiger partial charge in [0.25, 0.3) is 0 Å². The number of carbonyl (C=O) groups excluding carboxylic acids is 1. The van der Waals surface area contributed by atoms with Crippen LogP contribution in [0, 0.1) is 0 Å². The first kappa shape index (κ1) is 17.6. The molecule has 0 saturated heterocycles. The van der Waals surface area contributed by atoms with Crippen molar-refractivity contribution in [3.8, 4) is 0 Å². The van der Waals surface area contributed by atoms with Crippen molar-refractivity contribution >= 4 is 17.2 Å². The Hall–Kier alpha value is -1.72. The van der Waals surface area contributed by atoms with E-state index in [4.69, 9.17) is 5.73 Å². The van der Waals surface area contributed by atoms with E-state index in [0.29, 0.717) is 19.5 Å². The largest absolute Gasteiger partial charge is 0.352 e. The Labute approximate surface area is 142 Å². The lowest BCUT2D eigenvalue weighted by molar-refractivity contribution is -0.120. The van der Waals surface area contributed by atoms with Crippen LogP contribution in [0.25, 0.3) is 0 Å². The van der Waals surface area contributed by atoms with E-state index >= 15 is 0 Å². The van der Waals surface area contributed by atoms with E-state index in [1.165, 1.54) is 5.56 Å². The zero-order chi connectivity index (χ0) is 16.9. The Morgan fingerprint density at radius 1 is 1.22 bits per heavy atom. The standard InChI is InChI=1S/C18H25N3OS/c1-18(2,3)17-21-15(12-23-17)10-16(22)20-11-14-6-4-13(5-7-14)8-9-19/h4-7,12H,8-11,19H2,1-3H3,(H,20,22). The van der Waals surface area contributed by atoms with Gasteiger partial charge in [0.05, 0.1) is 17.1 Å². The highest BCUT2D eigenvalue weighted by Gasteiger charge is 2.18. The predicted molar refractivity (Wildman–Crippen MR) is 95.6 cm³/mol. The van der Waals surface area contributed by atoms with Gasteiger partial charge in [-0.2, -0.15) is 0 Å². The van der Waals surface area contributed by atoms with E-state index in [9.17, 15) is 4.79 Å². The van der Waals surface area contributed by atoms with Gasteiger partial charge in [-0.15, -0.1) is 11.3 Å². The summed E-state index contributed by atoms with van der Waals surface area (Å²) in [6, 6.07) is 8.19. The second-order valence-electron chi connectivity index (χ2n) is 6.70. The van der Waals surface area contributed by atoms with Crippen LogP contribution in [0.1, 0.15) is 42.6 Å². The Kier molecular flexibility index (Phi) is 5.91. The first-order valence-electron chi connectivity index (χ1n) is 7.88. The predicted octanol–water partition coefficient (Wildman–Crippen LogP) is 2.80. The van der Waals surface area contributed by atoms with Gasteiger partial charge in [0, 0.05) is 17.3 Å². The quantitative estimate of drug-likeness (QED) is 0.855. The van der Waals surface area contributed by atoms with Crippen molar-refractivity contribution in [3.63, 3.8) is 0 Å². The lowest BCUT2D eigenvalue weighted by atomic mass is 9.98. The summed E-state index contributed by atoms with van der Waals surface area (Å²) in [7, 11) is 0. The summed E-state index contributed by atoms with van der Waals surface area (Å²) >= 11 is 1.62. The van der Waals surface area contributed by atoms with Crippen LogP contribution in [0.5, 0.6) is 0 Å². The minimum Gasteiger partial charge on any atom is -0.352 e. The maximum absolute atomic E-state index is 12.1. The van der Waals surface area contributed by atoms with Crippen molar-refractivity contribution in [2.75, 3.05) is 6.54 Å². The highest BCUT2D eigenvalue weighted by Crippen LogP contribution is 2.25. The summed E-state index contributed by atoms with van der Waals surface area (Å²) in [5.74, 6) is 0.00166. The Morgan fingerprint density at radius 2 is 1.87 bits per heavy atom. The summed E-state index contributed by atoms with van der Waals surface area (Å²) in [5.41, 5.74) is 8.72. The van der Waals surface area contributed by atoms with Crippen LogP contribution in [0.2, 0.25) is 0 Å². The number of hydrogen-bond acceptors (Lipinski definition) is 4. The molecule has 1 aromatic carbocycles. The Bertz CT molecular complexity index is 641. The van der Waals surface area contributed by atoms with Crippen molar-refractivity contribution in [2.24, 2.45) is 5.73 Å². The molecule has 3 N–H and O–H groups in total. The molecule has 23 heavy (non-hydrogen) atoms. The van der Waals surface area contributed by atoms with Crippen molar-refractivity contribution in [2.45, 2.75) is 45.6 Å². The summed E-state index contributed by atoms with van der Waals surface area (Å²) in [5, 5.41) is 5.99. The number of nitrogens with one attached hydrogen (secondary N) is 1. The molecule has 0 atom stereocenters. The molecule has 0 aliphatic heterocycles. The molecule has 2 rings (SSSR count). The zero-order valence-electron chi connectivity index (χ0n) is 14.1. The number of thiazole rings is 1. The third kappa shape index (κ3) is 5.44. The number of aromatic nitrogens is 1. The number of amides is 1. The van der Waals surface area contributed by atoms with Crippen LogP contribution in [-0.4, -0.2) is 17.4 Å². The molecule has 0 unspecified atom stereocenters. The van der Waals surface area contributed by atoms with Gasteiger partial charge in [-0.05, 0) is 24.1 Å². The average molecular weight is 331 g/mol. The average Bonchev–Trinajstić information content (AvgIpc) is 2.95. The third-order valence-corrected chi connectivity index (χ3v) is 4.80. The molecule has 0 fully saturated rings. The van der Waals surface area contributed by atoms with Crippen molar-refractivity contribution < 1.29 is 4.79 Å². The second-order valence-corrected chi connectivity index (χ2v) is 7.56. The molecule has 1 aromatic heterocycles. The molecule has 1 amide bonds. The van der Waals surface area contributed by atoms with E-state index in [-0.39, 0.29) is 11.3 Å². The highest BCUT2D eigenvalue weighted by molar-refractivity contribution is 7.09. The zero-order valence-corrected chi connectivity index (χ0v) is 14.9. The Morgan fingerprint density at radius 3 is 2.43 bits per heavy atom. The molecular formula is C18H25N3OS. The summed E-state index contributed by atoms with van der Waals surface area (Å²) < 4.78 is 0. The highest BCUT2D eigenvalue weighted by atomic mass is 32.1. The number of hydrogen-bond donors (Lipinski definition) is 2.